The number of ether oxygens (including phenoxy) is 1. The number of nitrogens with zero attached hydrogens (tertiary/aromatic N) is 1. The van der Waals surface area contributed by atoms with E-state index in [4.69, 9.17) is 4.74 Å². The van der Waals surface area contributed by atoms with Crippen LogP contribution in [0.5, 0.6) is 5.75 Å². The number of nitrogens with one attached hydrogen (secondary N) is 1. The maximum atomic E-state index is 12.0. The topological polar surface area (TPSA) is 58.6 Å². The minimum absolute atomic E-state index is 0.0638. The first-order valence-corrected chi connectivity index (χ1v) is 7.74. The first-order chi connectivity index (χ1) is 9.99. The molecule has 0 aliphatic carbocycles. The average Bonchev–Trinajstić information content (AvgIpc) is 2.42. The monoisotopic (exact) mass is 354 g/mol. The van der Waals surface area contributed by atoms with Crippen molar-refractivity contribution in [3.05, 3.63) is 28.7 Å². The summed E-state index contributed by atoms with van der Waals surface area (Å²) in [4.78, 5) is 25.5. The molecule has 1 aliphatic heterocycles. The van der Waals surface area contributed by atoms with E-state index in [1.165, 1.54) is 0 Å². The summed E-state index contributed by atoms with van der Waals surface area (Å²) in [5.41, 5.74) is 0. The zero-order valence-corrected chi connectivity index (χ0v) is 13.7. The molecule has 1 saturated heterocycles. The molecule has 1 heterocycles. The average molecular weight is 355 g/mol. The van der Waals surface area contributed by atoms with Crippen LogP contribution < -0.4 is 10.1 Å². The van der Waals surface area contributed by atoms with E-state index >= 15 is 0 Å². The Morgan fingerprint density at radius 3 is 2.86 bits per heavy atom. The van der Waals surface area contributed by atoms with Gasteiger partial charge in [0.1, 0.15) is 18.4 Å². The lowest BCUT2D eigenvalue weighted by Gasteiger charge is -2.37. The SMILES string of the molecule is CC(C)C1C(=O)NCC(=O)N1CCOc1cccc(Br)c1. The lowest BCUT2D eigenvalue weighted by Crippen LogP contribution is -2.60. The minimum atomic E-state index is -0.419. The van der Waals surface area contributed by atoms with Crippen LogP contribution in [0.4, 0.5) is 0 Å². The molecule has 1 aromatic rings. The van der Waals surface area contributed by atoms with E-state index in [1.807, 2.05) is 38.1 Å². The standard InChI is InChI=1S/C15H19BrN2O3/c1-10(2)14-15(20)17-9-13(19)18(14)6-7-21-12-5-3-4-11(16)8-12/h3-5,8,10,14H,6-7,9H2,1-2H3,(H,17,20). The zero-order valence-electron chi connectivity index (χ0n) is 12.1. The summed E-state index contributed by atoms with van der Waals surface area (Å²) in [6, 6.07) is 7.10. The van der Waals surface area contributed by atoms with E-state index in [1.54, 1.807) is 4.90 Å². The van der Waals surface area contributed by atoms with Crippen LogP contribution in [0, 0.1) is 5.92 Å². The smallest absolute Gasteiger partial charge is 0.243 e. The number of halogens is 1. The third-order valence-corrected chi connectivity index (χ3v) is 3.86. The molecule has 2 amide bonds. The Hall–Kier alpha value is -1.56. The summed E-state index contributed by atoms with van der Waals surface area (Å²) in [5.74, 6) is 0.651. The van der Waals surface area contributed by atoms with Crippen LogP contribution in [0.25, 0.3) is 0 Å². The van der Waals surface area contributed by atoms with Crippen LogP contribution in [-0.2, 0) is 9.59 Å². The Balaban J connectivity index is 1.96. The van der Waals surface area contributed by atoms with Gasteiger partial charge in [-0.2, -0.15) is 0 Å². The van der Waals surface area contributed by atoms with Crippen LogP contribution in [0.15, 0.2) is 28.7 Å². The number of hydrogen-bond donors (Lipinski definition) is 1. The van der Waals surface area contributed by atoms with Crippen molar-refractivity contribution in [2.24, 2.45) is 5.92 Å². The van der Waals surface area contributed by atoms with E-state index < -0.39 is 6.04 Å². The molecule has 5 nitrogen and oxygen atoms in total. The number of carbonyl (C=O) groups is 2. The molecular formula is C15H19BrN2O3. The Morgan fingerprint density at radius 1 is 1.43 bits per heavy atom. The maximum Gasteiger partial charge on any atom is 0.243 e. The molecule has 1 atom stereocenters. The summed E-state index contributed by atoms with van der Waals surface area (Å²) in [5, 5.41) is 2.63. The van der Waals surface area contributed by atoms with Crippen molar-refractivity contribution in [2.75, 3.05) is 19.7 Å². The molecule has 1 aromatic carbocycles. The third-order valence-electron chi connectivity index (χ3n) is 3.37. The van der Waals surface area contributed by atoms with Gasteiger partial charge < -0.3 is 15.0 Å². The van der Waals surface area contributed by atoms with Gasteiger partial charge >= 0.3 is 0 Å². The highest BCUT2D eigenvalue weighted by molar-refractivity contribution is 9.10. The van der Waals surface area contributed by atoms with E-state index in [2.05, 4.69) is 21.2 Å². The fraction of sp³-hybridized carbons (Fsp3) is 0.467. The van der Waals surface area contributed by atoms with Crippen LogP contribution in [-0.4, -0.2) is 42.5 Å². The number of amides is 2. The second-order valence-electron chi connectivity index (χ2n) is 5.30. The largest absolute Gasteiger partial charge is 0.492 e. The van der Waals surface area contributed by atoms with Gasteiger partial charge in [0, 0.05) is 4.47 Å². The Kier molecular flexibility index (Phi) is 5.22. The van der Waals surface area contributed by atoms with E-state index in [0.29, 0.717) is 13.2 Å². The Morgan fingerprint density at radius 2 is 2.19 bits per heavy atom. The van der Waals surface area contributed by atoms with Gasteiger partial charge in [0.25, 0.3) is 0 Å². The van der Waals surface area contributed by atoms with Gasteiger partial charge in [-0.3, -0.25) is 9.59 Å². The molecule has 0 radical (unpaired) electrons. The Labute approximate surface area is 132 Å². The predicted molar refractivity (Wildman–Crippen MR) is 83.0 cm³/mol. The number of hydrogen-bond acceptors (Lipinski definition) is 3. The van der Waals surface area contributed by atoms with Crippen molar-refractivity contribution < 1.29 is 14.3 Å². The number of rotatable bonds is 5. The van der Waals surface area contributed by atoms with Crippen molar-refractivity contribution in [2.45, 2.75) is 19.9 Å². The fourth-order valence-corrected chi connectivity index (χ4v) is 2.79. The predicted octanol–water partition coefficient (Wildman–Crippen LogP) is 1.81. The molecule has 0 bridgehead atoms. The van der Waals surface area contributed by atoms with E-state index in [0.717, 1.165) is 10.2 Å². The first kappa shape index (κ1) is 15.8. The van der Waals surface area contributed by atoms with Gasteiger partial charge in [0.15, 0.2) is 0 Å². The summed E-state index contributed by atoms with van der Waals surface area (Å²) in [6.45, 7) is 4.70. The van der Waals surface area contributed by atoms with Gasteiger partial charge in [0.2, 0.25) is 11.8 Å². The molecule has 1 unspecified atom stereocenters. The summed E-state index contributed by atoms with van der Waals surface area (Å²) >= 11 is 3.38. The van der Waals surface area contributed by atoms with Gasteiger partial charge in [-0.25, -0.2) is 0 Å². The van der Waals surface area contributed by atoms with Crippen LogP contribution in [0.2, 0.25) is 0 Å². The van der Waals surface area contributed by atoms with E-state index in [-0.39, 0.29) is 24.3 Å². The fourth-order valence-electron chi connectivity index (χ4n) is 2.41. The van der Waals surface area contributed by atoms with Gasteiger partial charge in [0.05, 0.1) is 13.1 Å². The lowest BCUT2D eigenvalue weighted by molar-refractivity contribution is -0.147. The molecular weight excluding hydrogens is 336 g/mol. The summed E-state index contributed by atoms with van der Waals surface area (Å²) in [7, 11) is 0. The zero-order chi connectivity index (χ0) is 15.4. The van der Waals surface area contributed by atoms with Crippen LogP contribution in [0.1, 0.15) is 13.8 Å². The van der Waals surface area contributed by atoms with Crippen LogP contribution in [0.3, 0.4) is 0 Å². The van der Waals surface area contributed by atoms with Crippen LogP contribution >= 0.6 is 15.9 Å². The Bertz CT molecular complexity index is 533. The van der Waals surface area contributed by atoms with Gasteiger partial charge in [-0.15, -0.1) is 0 Å². The first-order valence-electron chi connectivity index (χ1n) is 6.94. The molecule has 6 heteroatoms. The van der Waals surface area contributed by atoms with Crippen molar-refractivity contribution in [3.63, 3.8) is 0 Å². The lowest BCUT2D eigenvalue weighted by atomic mass is 9.99. The molecule has 114 valence electrons. The normalized spacial score (nSPS) is 18.9. The number of piperazine rings is 1. The van der Waals surface area contributed by atoms with Crippen molar-refractivity contribution in [1.29, 1.82) is 0 Å². The highest BCUT2D eigenvalue weighted by atomic mass is 79.9. The molecule has 1 fully saturated rings. The summed E-state index contributed by atoms with van der Waals surface area (Å²) in [6.07, 6.45) is 0. The second-order valence-corrected chi connectivity index (χ2v) is 6.22. The molecule has 1 N–H and O–H groups in total. The third kappa shape index (κ3) is 3.97. The highest BCUT2D eigenvalue weighted by Crippen LogP contribution is 2.18. The van der Waals surface area contributed by atoms with Gasteiger partial charge in [-0.1, -0.05) is 35.8 Å². The molecule has 21 heavy (non-hydrogen) atoms. The van der Waals surface area contributed by atoms with Crippen molar-refractivity contribution >= 4 is 27.7 Å². The summed E-state index contributed by atoms with van der Waals surface area (Å²) < 4.78 is 6.58. The maximum absolute atomic E-state index is 12.0. The van der Waals surface area contributed by atoms with E-state index in [9.17, 15) is 9.59 Å². The molecule has 0 aromatic heterocycles. The second kappa shape index (κ2) is 6.93. The minimum Gasteiger partial charge on any atom is -0.492 e. The quantitative estimate of drug-likeness (QED) is 0.877. The molecule has 0 saturated carbocycles. The molecule has 2 rings (SSSR count). The van der Waals surface area contributed by atoms with Crippen molar-refractivity contribution in [3.8, 4) is 5.75 Å². The number of benzene rings is 1. The highest BCUT2D eigenvalue weighted by Gasteiger charge is 2.36. The number of carbonyl (C=O) groups excluding carboxylic acids is 2. The molecule has 1 aliphatic rings. The van der Waals surface area contributed by atoms with Crippen molar-refractivity contribution in [1.82, 2.24) is 10.2 Å². The molecule has 0 spiro atoms. The van der Waals surface area contributed by atoms with Gasteiger partial charge in [-0.05, 0) is 24.1 Å².